The molecule has 0 aliphatic heterocycles. The van der Waals surface area contributed by atoms with E-state index in [4.69, 9.17) is 13.9 Å². The van der Waals surface area contributed by atoms with Crippen molar-refractivity contribution in [1.29, 1.82) is 0 Å². The first-order valence-electron chi connectivity index (χ1n) is 7.14. The maximum atomic E-state index is 5.91. The average Bonchev–Trinajstić information content (AvgIpc) is 3.00. The summed E-state index contributed by atoms with van der Waals surface area (Å²) in [4.78, 5) is 4.28. The van der Waals surface area contributed by atoms with E-state index in [0.717, 1.165) is 20.5 Å². The Morgan fingerprint density at radius 2 is 1.91 bits per heavy atom. The van der Waals surface area contributed by atoms with Gasteiger partial charge in [0.25, 0.3) is 0 Å². The minimum absolute atomic E-state index is 0.491. The second-order valence-corrected chi connectivity index (χ2v) is 6.20. The quantitative estimate of drug-likeness (QED) is 0.553. The average molecular weight is 421 g/mol. The molecule has 1 heterocycles. The fourth-order valence-corrected chi connectivity index (χ4v) is 2.86. The van der Waals surface area contributed by atoms with E-state index in [-0.39, 0.29) is 0 Å². The van der Waals surface area contributed by atoms with Gasteiger partial charge in [-0.1, -0.05) is 30.3 Å². The van der Waals surface area contributed by atoms with Crippen molar-refractivity contribution in [3.63, 3.8) is 0 Å². The van der Waals surface area contributed by atoms with Gasteiger partial charge in [0.15, 0.2) is 11.5 Å². The number of benzene rings is 2. The number of oxazole rings is 1. The highest BCUT2D eigenvalue weighted by molar-refractivity contribution is 14.1. The Balaban J connectivity index is 1.88. The molecule has 0 N–H and O–H groups in total. The van der Waals surface area contributed by atoms with Crippen molar-refractivity contribution < 1.29 is 13.9 Å². The fourth-order valence-electron chi connectivity index (χ4n) is 2.19. The van der Waals surface area contributed by atoms with Crippen molar-refractivity contribution in [2.24, 2.45) is 0 Å². The van der Waals surface area contributed by atoms with Gasteiger partial charge in [-0.05, 0) is 47.2 Å². The third-order valence-electron chi connectivity index (χ3n) is 3.34. The number of hydrogen-bond acceptors (Lipinski definition) is 4. The lowest BCUT2D eigenvalue weighted by Crippen LogP contribution is -1.99. The van der Waals surface area contributed by atoms with Crippen LogP contribution in [0, 0.1) is 10.5 Å². The highest BCUT2D eigenvalue weighted by Gasteiger charge is 2.15. The van der Waals surface area contributed by atoms with Crippen LogP contribution in [0.5, 0.6) is 11.5 Å². The van der Waals surface area contributed by atoms with Crippen LogP contribution in [0.2, 0.25) is 0 Å². The van der Waals surface area contributed by atoms with Crippen LogP contribution in [0.25, 0.3) is 11.5 Å². The van der Waals surface area contributed by atoms with Gasteiger partial charge >= 0.3 is 0 Å². The van der Waals surface area contributed by atoms with Crippen molar-refractivity contribution in [2.45, 2.75) is 13.5 Å². The molecular formula is C18H16INO3. The molecule has 0 radical (unpaired) electrons. The molecule has 0 bridgehead atoms. The number of aromatic nitrogens is 1. The largest absolute Gasteiger partial charge is 0.493 e. The van der Waals surface area contributed by atoms with Crippen molar-refractivity contribution in [3.8, 4) is 23.0 Å². The van der Waals surface area contributed by atoms with E-state index in [2.05, 4.69) is 27.6 Å². The zero-order valence-corrected chi connectivity index (χ0v) is 15.0. The van der Waals surface area contributed by atoms with E-state index < -0.39 is 0 Å². The van der Waals surface area contributed by atoms with E-state index >= 15 is 0 Å². The van der Waals surface area contributed by atoms with Crippen molar-refractivity contribution >= 4 is 22.6 Å². The number of nitrogens with zero attached hydrogens (tertiary/aromatic N) is 1. The van der Waals surface area contributed by atoms with Gasteiger partial charge in [0.2, 0.25) is 5.89 Å². The Morgan fingerprint density at radius 3 is 2.57 bits per heavy atom. The summed E-state index contributed by atoms with van der Waals surface area (Å²) in [5, 5.41) is 0. The van der Waals surface area contributed by atoms with E-state index in [0.29, 0.717) is 24.0 Å². The number of ether oxygens (including phenoxy) is 2. The van der Waals surface area contributed by atoms with Crippen molar-refractivity contribution in [3.05, 3.63) is 63.6 Å². The predicted octanol–water partition coefficient (Wildman–Crippen LogP) is 4.84. The summed E-state index contributed by atoms with van der Waals surface area (Å²) >= 11 is 2.25. The van der Waals surface area contributed by atoms with Crippen molar-refractivity contribution in [2.75, 3.05) is 7.11 Å². The Bertz CT molecular complexity index is 799. The first-order chi connectivity index (χ1) is 11.2. The lowest BCUT2D eigenvalue weighted by molar-refractivity contribution is 0.284. The number of aryl methyl sites for hydroxylation is 1. The molecule has 3 rings (SSSR count). The van der Waals surface area contributed by atoms with Crippen LogP contribution in [0.4, 0.5) is 0 Å². The maximum Gasteiger partial charge on any atom is 0.227 e. The third-order valence-corrected chi connectivity index (χ3v) is 4.23. The van der Waals surface area contributed by atoms with Crippen LogP contribution < -0.4 is 9.47 Å². The van der Waals surface area contributed by atoms with E-state index in [9.17, 15) is 0 Å². The molecule has 0 saturated carbocycles. The molecule has 1 aromatic heterocycles. The van der Waals surface area contributed by atoms with Crippen LogP contribution in [-0.4, -0.2) is 12.1 Å². The number of rotatable bonds is 5. The first-order valence-corrected chi connectivity index (χ1v) is 8.22. The van der Waals surface area contributed by atoms with Gasteiger partial charge in [-0.25, -0.2) is 4.98 Å². The van der Waals surface area contributed by atoms with Crippen LogP contribution in [-0.2, 0) is 6.61 Å². The Kier molecular flexibility index (Phi) is 4.85. The topological polar surface area (TPSA) is 44.5 Å². The smallest absolute Gasteiger partial charge is 0.227 e. The Hall–Kier alpha value is -2.02. The standard InChI is InChI=1S/C18H16INO3/c1-12-10-20-18(23-12)14-8-16(21-2)17(9-15(14)19)22-11-13-6-4-3-5-7-13/h3-10H,11H2,1-2H3. The second kappa shape index (κ2) is 7.04. The molecule has 23 heavy (non-hydrogen) atoms. The molecule has 3 aromatic rings. The first kappa shape index (κ1) is 15.9. The monoisotopic (exact) mass is 421 g/mol. The molecule has 5 heteroatoms. The zero-order valence-electron chi connectivity index (χ0n) is 12.9. The summed E-state index contributed by atoms with van der Waals surface area (Å²) in [5.74, 6) is 2.72. The van der Waals surface area contributed by atoms with Gasteiger partial charge in [0.1, 0.15) is 12.4 Å². The molecule has 0 atom stereocenters. The summed E-state index contributed by atoms with van der Waals surface area (Å²) in [6.45, 7) is 2.36. The third kappa shape index (κ3) is 3.67. The predicted molar refractivity (Wildman–Crippen MR) is 96.7 cm³/mol. The molecule has 0 unspecified atom stereocenters. The van der Waals surface area contributed by atoms with E-state index in [1.807, 2.05) is 49.4 Å². The Morgan fingerprint density at radius 1 is 1.13 bits per heavy atom. The van der Waals surface area contributed by atoms with Gasteiger partial charge in [0.05, 0.1) is 18.9 Å². The fraction of sp³-hybridized carbons (Fsp3) is 0.167. The summed E-state index contributed by atoms with van der Waals surface area (Å²) in [7, 11) is 1.63. The summed E-state index contributed by atoms with van der Waals surface area (Å²) in [6, 6.07) is 13.9. The van der Waals surface area contributed by atoms with Crippen LogP contribution in [0.1, 0.15) is 11.3 Å². The molecule has 118 valence electrons. The number of halogens is 1. The van der Waals surface area contributed by atoms with Crippen LogP contribution >= 0.6 is 22.6 Å². The molecule has 0 amide bonds. The van der Waals surface area contributed by atoms with Gasteiger partial charge in [-0.2, -0.15) is 0 Å². The highest BCUT2D eigenvalue weighted by Crippen LogP contribution is 2.36. The zero-order chi connectivity index (χ0) is 16.2. The second-order valence-electron chi connectivity index (χ2n) is 5.03. The number of hydrogen-bond donors (Lipinski definition) is 0. The summed E-state index contributed by atoms with van der Waals surface area (Å²) in [6.07, 6.45) is 1.71. The maximum absolute atomic E-state index is 5.91. The van der Waals surface area contributed by atoms with Gasteiger partial charge in [-0.15, -0.1) is 0 Å². The van der Waals surface area contributed by atoms with E-state index in [1.54, 1.807) is 13.3 Å². The molecule has 2 aromatic carbocycles. The van der Waals surface area contributed by atoms with Gasteiger partial charge < -0.3 is 13.9 Å². The lowest BCUT2D eigenvalue weighted by atomic mass is 10.2. The number of methoxy groups -OCH3 is 1. The normalized spacial score (nSPS) is 10.6. The minimum atomic E-state index is 0.491. The molecule has 4 nitrogen and oxygen atoms in total. The minimum Gasteiger partial charge on any atom is -0.493 e. The molecule has 0 aliphatic rings. The lowest BCUT2D eigenvalue weighted by Gasteiger charge is -2.13. The molecule has 0 fully saturated rings. The van der Waals surface area contributed by atoms with Crippen LogP contribution in [0.15, 0.2) is 53.1 Å². The summed E-state index contributed by atoms with van der Waals surface area (Å²) < 4.78 is 18.0. The van der Waals surface area contributed by atoms with Crippen molar-refractivity contribution in [1.82, 2.24) is 4.98 Å². The summed E-state index contributed by atoms with van der Waals surface area (Å²) in [5.41, 5.74) is 2.00. The van der Waals surface area contributed by atoms with Gasteiger partial charge in [-0.3, -0.25) is 0 Å². The molecule has 0 aliphatic carbocycles. The SMILES string of the molecule is COc1cc(-c2ncc(C)o2)c(I)cc1OCc1ccccc1. The molecular weight excluding hydrogens is 405 g/mol. The Labute approximate surface area is 148 Å². The highest BCUT2D eigenvalue weighted by atomic mass is 127. The molecule has 0 spiro atoms. The van der Waals surface area contributed by atoms with Gasteiger partial charge in [0, 0.05) is 3.57 Å². The van der Waals surface area contributed by atoms with E-state index in [1.165, 1.54) is 0 Å². The van der Waals surface area contributed by atoms with Crippen LogP contribution in [0.3, 0.4) is 0 Å². The molecule has 0 saturated heterocycles.